The molecule has 0 unspecified atom stereocenters. The van der Waals surface area contributed by atoms with Crippen LogP contribution in [0.25, 0.3) is 0 Å². The number of benzene rings is 2. The molecule has 0 heterocycles. The van der Waals surface area contributed by atoms with E-state index in [9.17, 15) is 14.4 Å². The largest absolute Gasteiger partial charge is 0.456 e. The van der Waals surface area contributed by atoms with E-state index in [1.807, 2.05) is 32.0 Å². The smallest absolute Gasteiger partial charge is 0.306 e. The predicted molar refractivity (Wildman–Crippen MR) is 110 cm³/mol. The molecule has 2 amide bonds. The number of carbonyl (C=O) groups is 3. The van der Waals surface area contributed by atoms with Gasteiger partial charge in [-0.05, 0) is 43.2 Å². The van der Waals surface area contributed by atoms with Gasteiger partial charge in [0.1, 0.15) is 0 Å². The molecule has 0 aliphatic rings. The number of anilines is 2. The fourth-order valence-corrected chi connectivity index (χ4v) is 2.88. The van der Waals surface area contributed by atoms with Gasteiger partial charge in [-0.25, -0.2) is 0 Å². The van der Waals surface area contributed by atoms with Crippen molar-refractivity contribution in [3.8, 4) is 0 Å². The lowest BCUT2D eigenvalue weighted by atomic mass is 10.1. The second kappa shape index (κ2) is 10.1. The van der Waals surface area contributed by atoms with Crippen LogP contribution in [0.4, 0.5) is 11.4 Å². The molecule has 2 aromatic rings. The Morgan fingerprint density at radius 1 is 0.929 bits per heavy atom. The van der Waals surface area contributed by atoms with Gasteiger partial charge in [-0.2, -0.15) is 0 Å². The molecule has 0 aliphatic heterocycles. The molecule has 0 saturated heterocycles. The van der Waals surface area contributed by atoms with Crippen molar-refractivity contribution in [1.82, 2.24) is 0 Å². The SMILES string of the molecule is Cc1cccc(C)c1NC(=O)CCC(=O)OCC(=O)Nc1ccc(Cl)cc1Cl. The van der Waals surface area contributed by atoms with Crippen LogP contribution in [0.15, 0.2) is 36.4 Å². The molecule has 0 saturated carbocycles. The summed E-state index contributed by atoms with van der Waals surface area (Å²) in [6.07, 6.45) is -0.178. The summed E-state index contributed by atoms with van der Waals surface area (Å²) in [5.41, 5.74) is 2.97. The minimum absolute atomic E-state index is 0.0444. The first-order valence-corrected chi connectivity index (χ1v) is 9.28. The molecule has 2 rings (SSSR count). The van der Waals surface area contributed by atoms with Crippen molar-refractivity contribution in [3.63, 3.8) is 0 Å². The number of carbonyl (C=O) groups excluding carboxylic acids is 3. The van der Waals surface area contributed by atoms with Crippen molar-refractivity contribution in [3.05, 3.63) is 57.6 Å². The van der Waals surface area contributed by atoms with Crippen LogP contribution >= 0.6 is 23.2 Å². The number of hydrogen-bond acceptors (Lipinski definition) is 4. The number of amides is 2. The van der Waals surface area contributed by atoms with Crippen molar-refractivity contribution >= 4 is 52.4 Å². The van der Waals surface area contributed by atoms with Crippen LogP contribution in [0.1, 0.15) is 24.0 Å². The molecule has 28 heavy (non-hydrogen) atoms. The molecule has 148 valence electrons. The molecular formula is C20H20Cl2N2O4. The van der Waals surface area contributed by atoms with Crippen molar-refractivity contribution < 1.29 is 19.1 Å². The Balaban J connectivity index is 1.74. The van der Waals surface area contributed by atoms with Crippen LogP contribution in [0, 0.1) is 13.8 Å². The van der Waals surface area contributed by atoms with Crippen LogP contribution in [-0.4, -0.2) is 24.4 Å². The predicted octanol–water partition coefficient (Wildman–Crippen LogP) is 4.51. The zero-order valence-electron chi connectivity index (χ0n) is 15.5. The van der Waals surface area contributed by atoms with Crippen LogP contribution in [0.2, 0.25) is 10.0 Å². The van der Waals surface area contributed by atoms with E-state index in [0.717, 1.165) is 16.8 Å². The number of halogens is 2. The number of para-hydroxylation sites is 1. The number of aryl methyl sites for hydroxylation is 2. The summed E-state index contributed by atoms with van der Waals surface area (Å²) in [4.78, 5) is 35.7. The van der Waals surface area contributed by atoms with Gasteiger partial charge in [0.05, 0.1) is 17.1 Å². The summed E-state index contributed by atoms with van der Waals surface area (Å²) in [5, 5.41) is 6.02. The molecule has 0 radical (unpaired) electrons. The zero-order valence-corrected chi connectivity index (χ0v) is 17.0. The van der Waals surface area contributed by atoms with Crippen LogP contribution in [0.5, 0.6) is 0 Å². The lowest BCUT2D eigenvalue weighted by molar-refractivity contribution is -0.147. The lowest BCUT2D eigenvalue weighted by Gasteiger charge is -2.11. The average Bonchev–Trinajstić information content (AvgIpc) is 2.64. The Morgan fingerprint density at radius 2 is 1.61 bits per heavy atom. The number of ether oxygens (including phenoxy) is 1. The van der Waals surface area contributed by atoms with Gasteiger partial charge in [0.2, 0.25) is 5.91 Å². The Bertz CT molecular complexity index is 880. The number of rotatable bonds is 7. The normalized spacial score (nSPS) is 10.3. The van der Waals surface area contributed by atoms with E-state index in [1.165, 1.54) is 6.07 Å². The third-order valence-corrected chi connectivity index (χ3v) is 4.42. The van der Waals surface area contributed by atoms with Crippen molar-refractivity contribution in [2.75, 3.05) is 17.2 Å². The molecular weight excluding hydrogens is 403 g/mol. The minimum Gasteiger partial charge on any atom is -0.456 e. The summed E-state index contributed by atoms with van der Waals surface area (Å²) in [7, 11) is 0. The number of nitrogens with one attached hydrogen (secondary N) is 2. The quantitative estimate of drug-likeness (QED) is 0.642. The molecule has 2 aromatic carbocycles. The standard InChI is InChI=1S/C20H20Cl2N2O4/c1-12-4-3-5-13(2)20(12)24-17(25)8-9-19(27)28-11-18(26)23-16-7-6-14(21)10-15(16)22/h3-7,10H,8-9,11H2,1-2H3,(H,23,26)(H,24,25). The van der Waals surface area contributed by atoms with Crippen molar-refractivity contribution in [2.24, 2.45) is 0 Å². The van der Waals surface area contributed by atoms with E-state index in [0.29, 0.717) is 10.7 Å². The van der Waals surface area contributed by atoms with Crippen molar-refractivity contribution in [1.29, 1.82) is 0 Å². The van der Waals surface area contributed by atoms with Gasteiger partial charge >= 0.3 is 5.97 Å². The summed E-state index contributed by atoms with van der Waals surface area (Å²) in [5.74, 6) is -1.49. The highest BCUT2D eigenvalue weighted by molar-refractivity contribution is 6.36. The van der Waals surface area contributed by atoms with Crippen LogP contribution in [-0.2, 0) is 19.1 Å². The van der Waals surface area contributed by atoms with Crippen LogP contribution in [0.3, 0.4) is 0 Å². The Hall–Kier alpha value is -2.57. The Labute approximate surface area is 173 Å². The van der Waals surface area contributed by atoms with Gasteiger partial charge in [0.25, 0.3) is 5.91 Å². The van der Waals surface area contributed by atoms with E-state index in [-0.39, 0.29) is 23.8 Å². The highest BCUT2D eigenvalue weighted by Gasteiger charge is 2.13. The molecule has 0 aromatic heterocycles. The third-order valence-electron chi connectivity index (χ3n) is 3.87. The summed E-state index contributed by atoms with van der Waals surface area (Å²) < 4.78 is 4.89. The number of esters is 1. The molecule has 0 fully saturated rings. The van der Waals surface area contributed by atoms with Gasteiger partial charge < -0.3 is 15.4 Å². The van der Waals surface area contributed by atoms with Gasteiger partial charge in [-0.15, -0.1) is 0 Å². The van der Waals surface area contributed by atoms with Gasteiger partial charge in [0, 0.05) is 17.1 Å². The van der Waals surface area contributed by atoms with Gasteiger partial charge in [0.15, 0.2) is 6.61 Å². The maximum absolute atomic E-state index is 12.0. The van der Waals surface area contributed by atoms with E-state index >= 15 is 0 Å². The second-order valence-electron chi connectivity index (χ2n) is 6.15. The molecule has 0 aliphatic carbocycles. The average molecular weight is 423 g/mol. The third kappa shape index (κ3) is 6.55. The Morgan fingerprint density at radius 3 is 2.25 bits per heavy atom. The second-order valence-corrected chi connectivity index (χ2v) is 6.99. The van der Waals surface area contributed by atoms with Crippen molar-refractivity contribution in [2.45, 2.75) is 26.7 Å². The number of hydrogen-bond donors (Lipinski definition) is 2. The van der Waals surface area contributed by atoms with E-state index in [2.05, 4.69) is 10.6 Å². The highest BCUT2D eigenvalue weighted by Crippen LogP contribution is 2.25. The minimum atomic E-state index is -0.644. The topological polar surface area (TPSA) is 84.5 Å². The monoisotopic (exact) mass is 422 g/mol. The molecule has 0 bridgehead atoms. The lowest BCUT2D eigenvalue weighted by Crippen LogP contribution is -2.22. The molecule has 0 spiro atoms. The summed E-state index contributed by atoms with van der Waals surface area (Å²) >= 11 is 11.7. The van der Waals surface area contributed by atoms with E-state index in [4.69, 9.17) is 27.9 Å². The summed E-state index contributed by atoms with van der Waals surface area (Å²) in [6.45, 7) is 3.31. The fraction of sp³-hybridized carbons (Fsp3) is 0.250. The molecule has 2 N–H and O–H groups in total. The van der Waals surface area contributed by atoms with Gasteiger partial charge in [-0.1, -0.05) is 41.4 Å². The maximum atomic E-state index is 12.0. The molecule has 6 nitrogen and oxygen atoms in total. The first-order chi connectivity index (χ1) is 13.3. The Kier molecular flexibility index (Phi) is 7.84. The first kappa shape index (κ1) is 21.7. The van der Waals surface area contributed by atoms with Crippen LogP contribution < -0.4 is 10.6 Å². The van der Waals surface area contributed by atoms with E-state index in [1.54, 1.807) is 12.1 Å². The molecule has 8 heteroatoms. The zero-order chi connectivity index (χ0) is 20.7. The molecule has 0 atom stereocenters. The first-order valence-electron chi connectivity index (χ1n) is 8.53. The fourth-order valence-electron chi connectivity index (χ4n) is 2.42. The highest BCUT2D eigenvalue weighted by atomic mass is 35.5. The van der Waals surface area contributed by atoms with E-state index < -0.39 is 18.5 Å². The van der Waals surface area contributed by atoms with Gasteiger partial charge in [-0.3, -0.25) is 14.4 Å². The maximum Gasteiger partial charge on any atom is 0.306 e. The summed E-state index contributed by atoms with van der Waals surface area (Å²) in [6, 6.07) is 10.3.